The maximum Gasteiger partial charge on any atom is 0.296 e. The van der Waals surface area contributed by atoms with Crippen LogP contribution in [0.5, 0.6) is 5.75 Å². The van der Waals surface area contributed by atoms with E-state index in [0.29, 0.717) is 17.7 Å². The highest BCUT2D eigenvalue weighted by atomic mass is 19.1. The molecule has 0 fully saturated rings. The lowest BCUT2D eigenvalue weighted by Gasteiger charge is -2.32. The average molecular weight is 438 g/mol. The molecule has 2 N–H and O–H groups in total. The summed E-state index contributed by atoms with van der Waals surface area (Å²) in [5.41, 5.74) is 0.754. The summed E-state index contributed by atoms with van der Waals surface area (Å²) < 4.78 is 20.6. The molecule has 2 aromatic heterocycles. The highest BCUT2D eigenvalue weighted by Gasteiger charge is 2.34. The van der Waals surface area contributed by atoms with Crippen LogP contribution in [0.1, 0.15) is 41.3 Å². The number of carbonyl (C=O) groups is 1. The van der Waals surface area contributed by atoms with Gasteiger partial charge in [0.2, 0.25) is 11.7 Å². The Hall–Kier alpha value is -3.59. The van der Waals surface area contributed by atoms with Crippen molar-refractivity contribution in [1.29, 1.82) is 0 Å². The zero-order valence-electron chi connectivity index (χ0n) is 18.0. The monoisotopic (exact) mass is 438 g/mol. The van der Waals surface area contributed by atoms with E-state index in [1.54, 1.807) is 26.8 Å². The van der Waals surface area contributed by atoms with Crippen LogP contribution in [0.3, 0.4) is 0 Å². The molecule has 0 spiro atoms. The number of nitrogens with one attached hydrogen (secondary N) is 1. The normalized spacial score (nSPS) is 14.6. The summed E-state index contributed by atoms with van der Waals surface area (Å²) in [7, 11) is 0. The molecule has 0 aliphatic carbocycles. The van der Waals surface area contributed by atoms with Crippen LogP contribution in [0, 0.1) is 12.9 Å². The van der Waals surface area contributed by atoms with Crippen molar-refractivity contribution >= 4 is 5.91 Å². The van der Waals surface area contributed by atoms with Gasteiger partial charge in [-0.15, -0.1) is 0 Å². The van der Waals surface area contributed by atoms with Crippen molar-refractivity contribution in [2.45, 2.75) is 39.5 Å². The molecule has 166 valence electrons. The van der Waals surface area contributed by atoms with Crippen molar-refractivity contribution in [1.82, 2.24) is 19.9 Å². The first-order valence-electron chi connectivity index (χ1n) is 10.2. The number of rotatable bonds is 4. The number of nitrogens with zero attached hydrogens (tertiary/aromatic N) is 3. The predicted octanol–water partition coefficient (Wildman–Crippen LogP) is 2.65. The van der Waals surface area contributed by atoms with E-state index >= 15 is 0 Å². The number of halogens is 1. The Morgan fingerprint density at radius 3 is 2.84 bits per heavy atom. The van der Waals surface area contributed by atoms with E-state index in [1.165, 1.54) is 10.8 Å². The molecule has 32 heavy (non-hydrogen) atoms. The van der Waals surface area contributed by atoms with Gasteiger partial charge in [0, 0.05) is 23.9 Å². The lowest BCUT2D eigenvalue weighted by atomic mass is 10.00. The first kappa shape index (κ1) is 21.6. The second-order valence-electron chi connectivity index (χ2n) is 8.12. The number of fused-ring (bicyclic) bond motifs is 1. The minimum Gasteiger partial charge on any atom is -0.501 e. The Morgan fingerprint density at radius 1 is 1.34 bits per heavy atom. The summed E-state index contributed by atoms with van der Waals surface area (Å²) >= 11 is 0. The van der Waals surface area contributed by atoms with E-state index in [2.05, 4.69) is 15.3 Å². The minimum atomic E-state index is -0.875. The Labute approximate surface area is 183 Å². The quantitative estimate of drug-likeness (QED) is 0.607. The number of benzene rings is 1. The van der Waals surface area contributed by atoms with Crippen LogP contribution >= 0.6 is 0 Å². The zero-order valence-corrected chi connectivity index (χ0v) is 18.0. The van der Waals surface area contributed by atoms with E-state index in [1.807, 2.05) is 24.3 Å². The van der Waals surface area contributed by atoms with Gasteiger partial charge in [0.1, 0.15) is 11.4 Å². The molecule has 1 amide bonds. The Kier molecular flexibility index (Phi) is 5.52. The molecule has 3 aromatic rings. The van der Waals surface area contributed by atoms with Crippen molar-refractivity contribution in [2.75, 3.05) is 6.61 Å². The third-order valence-corrected chi connectivity index (χ3v) is 5.46. The molecule has 0 unspecified atom stereocenters. The molecule has 3 heterocycles. The van der Waals surface area contributed by atoms with Crippen molar-refractivity contribution in [3.63, 3.8) is 0 Å². The first-order valence-corrected chi connectivity index (χ1v) is 10.2. The van der Waals surface area contributed by atoms with Gasteiger partial charge in [-0.05, 0) is 38.0 Å². The topological polar surface area (TPSA) is 106 Å². The standard InChI is InChI=1S/C23H23FN4O4/c1-13-10-15(12-25-19(13)24)16-7-5-4-6-14(16)11-26-20(30)17-18(29)21(31)28-8-9-32-23(2,3)22(28)27-17/h4-7,10,12,29H,8-9,11H2,1-3H3,(H,26,30). The summed E-state index contributed by atoms with van der Waals surface area (Å²) in [6.07, 6.45) is 1.43. The zero-order chi connectivity index (χ0) is 23.0. The molecule has 1 aromatic carbocycles. The van der Waals surface area contributed by atoms with E-state index in [4.69, 9.17) is 4.74 Å². The van der Waals surface area contributed by atoms with Gasteiger partial charge >= 0.3 is 0 Å². The maximum absolute atomic E-state index is 13.6. The van der Waals surface area contributed by atoms with Gasteiger partial charge in [-0.25, -0.2) is 9.97 Å². The molecule has 1 aliphatic rings. The van der Waals surface area contributed by atoms with Crippen molar-refractivity contribution in [2.24, 2.45) is 0 Å². The van der Waals surface area contributed by atoms with Crippen LogP contribution < -0.4 is 10.9 Å². The lowest BCUT2D eigenvalue weighted by molar-refractivity contribution is -0.0566. The smallest absolute Gasteiger partial charge is 0.296 e. The van der Waals surface area contributed by atoms with Gasteiger partial charge < -0.3 is 15.2 Å². The van der Waals surface area contributed by atoms with E-state index in [-0.39, 0.29) is 24.6 Å². The molecule has 0 atom stereocenters. The summed E-state index contributed by atoms with van der Waals surface area (Å²) in [6.45, 7) is 5.78. The number of carbonyl (C=O) groups excluding carboxylic acids is 1. The van der Waals surface area contributed by atoms with Crippen molar-refractivity contribution in [3.8, 4) is 16.9 Å². The van der Waals surface area contributed by atoms with Crippen molar-refractivity contribution < 1.29 is 19.0 Å². The van der Waals surface area contributed by atoms with Crippen LogP contribution in [-0.2, 0) is 23.4 Å². The number of hydrogen-bond acceptors (Lipinski definition) is 6. The third-order valence-electron chi connectivity index (χ3n) is 5.46. The van der Waals surface area contributed by atoms with Crippen LogP contribution in [0.2, 0.25) is 0 Å². The molecular formula is C23H23FN4O4. The molecule has 0 bridgehead atoms. The second-order valence-corrected chi connectivity index (χ2v) is 8.12. The summed E-state index contributed by atoms with van der Waals surface area (Å²) in [4.78, 5) is 33.5. The predicted molar refractivity (Wildman–Crippen MR) is 115 cm³/mol. The van der Waals surface area contributed by atoms with Gasteiger partial charge in [0.25, 0.3) is 11.5 Å². The fraction of sp³-hybridized carbons (Fsp3) is 0.304. The summed E-state index contributed by atoms with van der Waals surface area (Å²) in [5, 5.41) is 13.0. The molecular weight excluding hydrogens is 415 g/mol. The average Bonchev–Trinajstić information content (AvgIpc) is 2.76. The Morgan fingerprint density at radius 2 is 2.09 bits per heavy atom. The molecule has 0 saturated carbocycles. The fourth-order valence-electron chi connectivity index (χ4n) is 3.75. The molecule has 1 aliphatic heterocycles. The van der Waals surface area contributed by atoms with Crippen LogP contribution in [0.4, 0.5) is 4.39 Å². The Balaban J connectivity index is 1.63. The summed E-state index contributed by atoms with van der Waals surface area (Å²) in [6, 6.07) is 8.99. The molecule has 0 radical (unpaired) electrons. The number of aromatic hydroxyl groups is 1. The fourth-order valence-corrected chi connectivity index (χ4v) is 3.75. The molecule has 8 nitrogen and oxygen atoms in total. The van der Waals surface area contributed by atoms with Crippen LogP contribution in [0.25, 0.3) is 11.1 Å². The molecule has 9 heteroatoms. The third kappa shape index (κ3) is 3.87. The number of ether oxygens (including phenoxy) is 1. The number of aryl methyl sites for hydroxylation is 1. The van der Waals surface area contributed by atoms with E-state index in [0.717, 1.165) is 11.1 Å². The van der Waals surface area contributed by atoms with Crippen LogP contribution in [-0.4, -0.2) is 32.2 Å². The van der Waals surface area contributed by atoms with Gasteiger partial charge in [0.15, 0.2) is 5.69 Å². The highest BCUT2D eigenvalue weighted by molar-refractivity contribution is 5.94. The number of hydrogen-bond donors (Lipinski definition) is 2. The van der Waals surface area contributed by atoms with E-state index < -0.39 is 28.8 Å². The second kappa shape index (κ2) is 8.16. The van der Waals surface area contributed by atoms with Gasteiger partial charge in [-0.1, -0.05) is 24.3 Å². The first-order chi connectivity index (χ1) is 15.2. The summed E-state index contributed by atoms with van der Waals surface area (Å²) in [5.74, 6) is -1.64. The molecule has 4 rings (SSSR count). The van der Waals surface area contributed by atoms with Gasteiger partial charge in [-0.3, -0.25) is 14.2 Å². The number of pyridine rings is 1. The van der Waals surface area contributed by atoms with Gasteiger partial charge in [0.05, 0.1) is 13.2 Å². The lowest BCUT2D eigenvalue weighted by Crippen LogP contribution is -2.42. The number of amides is 1. The Bertz CT molecular complexity index is 1270. The number of aromatic nitrogens is 3. The maximum atomic E-state index is 13.6. The highest BCUT2D eigenvalue weighted by Crippen LogP contribution is 2.28. The van der Waals surface area contributed by atoms with E-state index in [9.17, 15) is 19.1 Å². The molecule has 0 saturated heterocycles. The van der Waals surface area contributed by atoms with Gasteiger partial charge in [-0.2, -0.15) is 4.39 Å². The largest absolute Gasteiger partial charge is 0.501 e. The van der Waals surface area contributed by atoms with Crippen molar-refractivity contribution in [3.05, 3.63) is 75.5 Å². The minimum absolute atomic E-state index is 0.102. The SMILES string of the molecule is Cc1cc(-c2ccccc2CNC(=O)c2nc3n(c(=O)c2O)CCOC3(C)C)cnc1F. The van der Waals surface area contributed by atoms with Crippen LogP contribution in [0.15, 0.2) is 41.3 Å².